The number of carbonyl (C=O) groups excluding carboxylic acids is 2. The largest absolute Gasteiger partial charge is 0.443 e. The highest BCUT2D eigenvalue weighted by Gasteiger charge is 2.24. The average molecular weight is 372 g/mol. The lowest BCUT2D eigenvalue weighted by molar-refractivity contribution is -0.116. The van der Waals surface area contributed by atoms with Crippen molar-refractivity contribution in [3.63, 3.8) is 0 Å². The number of nitrogens with zero attached hydrogens (tertiary/aromatic N) is 1. The van der Waals surface area contributed by atoms with Crippen molar-refractivity contribution in [1.29, 1.82) is 5.26 Å². The van der Waals surface area contributed by atoms with E-state index in [9.17, 15) is 14.9 Å². The number of nitrogens with one attached hydrogen (secondary N) is 1. The molecule has 0 aliphatic heterocycles. The van der Waals surface area contributed by atoms with Crippen molar-refractivity contribution in [3.8, 4) is 6.07 Å². The molecule has 1 aromatic heterocycles. The summed E-state index contributed by atoms with van der Waals surface area (Å²) < 4.78 is 5.49. The van der Waals surface area contributed by atoms with Gasteiger partial charge in [-0.2, -0.15) is 5.26 Å². The van der Waals surface area contributed by atoms with Gasteiger partial charge < -0.3 is 4.42 Å². The number of rotatable bonds is 6. The van der Waals surface area contributed by atoms with E-state index in [4.69, 9.17) is 4.42 Å². The quantitative estimate of drug-likeness (QED) is 0.629. The molecular formula is C23H20N2O3. The van der Waals surface area contributed by atoms with E-state index in [-0.39, 0.29) is 41.0 Å². The van der Waals surface area contributed by atoms with Crippen molar-refractivity contribution in [1.82, 2.24) is 0 Å². The molecule has 140 valence electrons. The summed E-state index contributed by atoms with van der Waals surface area (Å²) >= 11 is 0. The number of benzene rings is 2. The van der Waals surface area contributed by atoms with Crippen LogP contribution < -0.4 is 5.32 Å². The van der Waals surface area contributed by atoms with Gasteiger partial charge in [0.1, 0.15) is 17.4 Å². The highest BCUT2D eigenvalue weighted by atomic mass is 16.4. The van der Waals surface area contributed by atoms with E-state index >= 15 is 0 Å². The van der Waals surface area contributed by atoms with Gasteiger partial charge in [-0.15, -0.1) is 0 Å². The highest BCUT2D eigenvalue weighted by Crippen LogP contribution is 2.30. The van der Waals surface area contributed by atoms with Gasteiger partial charge in [0.15, 0.2) is 5.78 Å². The fourth-order valence-corrected chi connectivity index (χ4v) is 3.33. The molecule has 5 heteroatoms. The Morgan fingerprint density at radius 3 is 2.04 bits per heavy atom. The van der Waals surface area contributed by atoms with Crippen LogP contribution in [0.5, 0.6) is 0 Å². The zero-order valence-electron chi connectivity index (χ0n) is 15.7. The SMILES string of the molecule is CC(=O)c1c(C)oc(NC(=O)CC(c2ccccc2)c2ccccc2)c1C#N. The van der Waals surface area contributed by atoms with E-state index in [1.165, 1.54) is 6.92 Å². The molecule has 0 radical (unpaired) electrons. The molecule has 3 rings (SSSR count). The smallest absolute Gasteiger partial charge is 0.227 e. The van der Waals surface area contributed by atoms with Crippen LogP contribution in [0.2, 0.25) is 0 Å². The van der Waals surface area contributed by atoms with Crippen molar-refractivity contribution in [2.24, 2.45) is 0 Å². The molecule has 1 heterocycles. The Labute approximate surface area is 163 Å². The number of amides is 1. The fraction of sp³-hybridized carbons (Fsp3) is 0.174. The molecule has 0 unspecified atom stereocenters. The third-order valence-electron chi connectivity index (χ3n) is 4.59. The number of aryl methyl sites for hydroxylation is 1. The first-order chi connectivity index (χ1) is 13.5. The molecule has 3 aromatic rings. The van der Waals surface area contributed by atoms with Crippen molar-refractivity contribution in [2.45, 2.75) is 26.2 Å². The summed E-state index contributed by atoms with van der Waals surface area (Å²) in [6.45, 7) is 2.97. The first-order valence-corrected chi connectivity index (χ1v) is 8.95. The molecule has 1 N–H and O–H groups in total. The van der Waals surface area contributed by atoms with Gasteiger partial charge in [-0.25, -0.2) is 0 Å². The molecule has 5 nitrogen and oxygen atoms in total. The number of Topliss-reactive ketones (excluding diaryl/α,β-unsaturated/α-hetero) is 1. The topological polar surface area (TPSA) is 83.1 Å². The fourth-order valence-electron chi connectivity index (χ4n) is 3.33. The Morgan fingerprint density at radius 1 is 1.04 bits per heavy atom. The third-order valence-corrected chi connectivity index (χ3v) is 4.59. The lowest BCUT2D eigenvalue weighted by Crippen LogP contribution is -2.17. The molecule has 0 saturated heterocycles. The molecule has 0 bridgehead atoms. The maximum absolute atomic E-state index is 12.8. The second-order valence-electron chi connectivity index (χ2n) is 6.53. The van der Waals surface area contributed by atoms with Crippen LogP contribution in [-0.4, -0.2) is 11.7 Å². The number of hydrogen-bond acceptors (Lipinski definition) is 4. The van der Waals surface area contributed by atoms with Gasteiger partial charge in [0.05, 0.1) is 5.56 Å². The maximum Gasteiger partial charge on any atom is 0.227 e. The van der Waals surface area contributed by atoms with Crippen molar-refractivity contribution in [3.05, 3.63) is 88.7 Å². The van der Waals surface area contributed by atoms with Gasteiger partial charge >= 0.3 is 0 Å². The first-order valence-electron chi connectivity index (χ1n) is 8.95. The van der Waals surface area contributed by atoms with Gasteiger partial charge in [0.25, 0.3) is 0 Å². The van der Waals surface area contributed by atoms with Crippen LogP contribution in [0, 0.1) is 18.3 Å². The van der Waals surface area contributed by atoms with E-state index in [0.717, 1.165) is 11.1 Å². The number of anilines is 1. The van der Waals surface area contributed by atoms with E-state index in [0.29, 0.717) is 5.76 Å². The molecule has 0 spiro atoms. The monoisotopic (exact) mass is 372 g/mol. The van der Waals surface area contributed by atoms with E-state index in [1.54, 1.807) is 6.92 Å². The summed E-state index contributed by atoms with van der Waals surface area (Å²) in [5.41, 5.74) is 2.31. The van der Waals surface area contributed by atoms with Crippen LogP contribution in [-0.2, 0) is 4.79 Å². The standard InChI is InChI=1S/C23H20N2O3/c1-15(26)22-16(2)28-23(20(22)14-24)25-21(27)13-19(17-9-5-3-6-10-17)18-11-7-4-8-12-18/h3-12,19H,13H2,1-2H3,(H,25,27). The Balaban J connectivity index is 1.87. The van der Waals surface area contributed by atoms with Gasteiger partial charge in [-0.1, -0.05) is 60.7 Å². The summed E-state index contributed by atoms with van der Waals surface area (Å²) in [7, 11) is 0. The Hall–Kier alpha value is -3.65. The number of ketones is 1. The molecule has 0 atom stereocenters. The molecule has 0 fully saturated rings. The summed E-state index contributed by atoms with van der Waals surface area (Å²) in [5.74, 6) is -0.365. The second kappa shape index (κ2) is 8.36. The van der Waals surface area contributed by atoms with Crippen LogP contribution in [0.3, 0.4) is 0 Å². The third kappa shape index (κ3) is 4.02. The van der Waals surface area contributed by atoms with E-state index < -0.39 is 0 Å². The average Bonchev–Trinajstić information content (AvgIpc) is 3.02. The van der Waals surface area contributed by atoms with Gasteiger partial charge in [0.2, 0.25) is 11.8 Å². The lowest BCUT2D eigenvalue weighted by atomic mass is 9.88. The highest BCUT2D eigenvalue weighted by molar-refractivity contribution is 6.01. The summed E-state index contributed by atoms with van der Waals surface area (Å²) in [6.07, 6.45) is 0.175. The molecule has 0 saturated carbocycles. The molecule has 1 amide bonds. The van der Waals surface area contributed by atoms with Crippen LogP contribution >= 0.6 is 0 Å². The number of furan rings is 1. The maximum atomic E-state index is 12.8. The lowest BCUT2D eigenvalue weighted by Gasteiger charge is -2.17. The van der Waals surface area contributed by atoms with E-state index in [2.05, 4.69) is 5.32 Å². The van der Waals surface area contributed by atoms with Crippen LogP contribution in [0.4, 0.5) is 5.88 Å². The van der Waals surface area contributed by atoms with E-state index in [1.807, 2.05) is 66.7 Å². The Kier molecular flexibility index (Phi) is 5.71. The molecule has 2 aromatic carbocycles. The van der Waals surface area contributed by atoms with Crippen LogP contribution in [0.1, 0.15) is 52.1 Å². The van der Waals surface area contributed by atoms with Crippen molar-refractivity contribution >= 4 is 17.6 Å². The zero-order chi connectivity index (χ0) is 20.1. The normalized spacial score (nSPS) is 10.5. The van der Waals surface area contributed by atoms with Gasteiger partial charge in [0, 0.05) is 12.3 Å². The minimum absolute atomic E-state index is 0.0232. The number of carbonyl (C=O) groups is 2. The van der Waals surface area contributed by atoms with Gasteiger partial charge in [-0.3, -0.25) is 14.9 Å². The number of hydrogen-bond donors (Lipinski definition) is 1. The number of nitriles is 1. The molecule has 0 aliphatic carbocycles. The van der Waals surface area contributed by atoms with Gasteiger partial charge in [-0.05, 0) is 25.0 Å². The summed E-state index contributed by atoms with van der Waals surface area (Å²) in [5, 5.41) is 12.1. The molecular weight excluding hydrogens is 352 g/mol. The summed E-state index contributed by atoms with van der Waals surface area (Å²) in [4.78, 5) is 24.5. The summed E-state index contributed by atoms with van der Waals surface area (Å²) in [6, 6.07) is 21.5. The van der Waals surface area contributed by atoms with Crippen LogP contribution in [0.25, 0.3) is 0 Å². The predicted molar refractivity (Wildman–Crippen MR) is 106 cm³/mol. The van der Waals surface area contributed by atoms with Crippen LogP contribution in [0.15, 0.2) is 65.1 Å². The predicted octanol–water partition coefficient (Wildman–Crippen LogP) is 4.82. The molecule has 28 heavy (non-hydrogen) atoms. The zero-order valence-corrected chi connectivity index (χ0v) is 15.7. The van der Waals surface area contributed by atoms with Crippen molar-refractivity contribution < 1.29 is 14.0 Å². The minimum atomic E-state index is -0.293. The Morgan fingerprint density at radius 2 is 1.57 bits per heavy atom. The second-order valence-corrected chi connectivity index (χ2v) is 6.53. The minimum Gasteiger partial charge on any atom is -0.443 e. The first kappa shape index (κ1) is 19.1. The Bertz CT molecular complexity index is 991. The van der Waals surface area contributed by atoms with Crippen molar-refractivity contribution in [2.75, 3.05) is 5.32 Å². The molecule has 0 aliphatic rings.